The molecule has 3 saturated carbocycles. The highest BCUT2D eigenvalue weighted by molar-refractivity contribution is 5.28. The Hall–Kier alpha value is -0.560. The normalized spacial score (nSPS) is 46.6. The first-order valence-electron chi connectivity index (χ1n) is 13.1. The van der Waals surface area contributed by atoms with Crippen LogP contribution in [0, 0.1) is 52.3 Å². The topological polar surface area (TPSA) is 20.2 Å². The zero-order chi connectivity index (χ0) is 21.8. The third kappa shape index (κ3) is 3.46. The van der Waals surface area contributed by atoms with Crippen molar-refractivity contribution < 1.29 is 5.11 Å². The molecule has 0 aromatic heterocycles. The number of rotatable bonds is 5. The molecule has 9 atom stereocenters. The molecule has 0 radical (unpaired) electrons. The maximum absolute atomic E-state index is 10.5. The van der Waals surface area contributed by atoms with Gasteiger partial charge in [-0.05, 0) is 110 Å². The van der Waals surface area contributed by atoms with Gasteiger partial charge in [-0.1, -0.05) is 65.3 Å². The van der Waals surface area contributed by atoms with Crippen molar-refractivity contribution in [2.75, 3.05) is 0 Å². The molecule has 1 N–H and O–H groups in total. The summed E-state index contributed by atoms with van der Waals surface area (Å²) in [4.78, 5) is 0. The Morgan fingerprint density at radius 2 is 1.73 bits per heavy atom. The van der Waals surface area contributed by atoms with Crippen LogP contribution in [0.4, 0.5) is 0 Å². The van der Waals surface area contributed by atoms with Gasteiger partial charge in [0.05, 0.1) is 6.10 Å². The fraction of sp³-hybridized carbons (Fsp3) is 0.862. The van der Waals surface area contributed by atoms with Gasteiger partial charge in [0.1, 0.15) is 0 Å². The number of allylic oxidation sites excluding steroid dienone is 3. The predicted octanol–water partition coefficient (Wildman–Crippen LogP) is 7.80. The van der Waals surface area contributed by atoms with Crippen molar-refractivity contribution in [3.8, 4) is 0 Å². The molecule has 0 bridgehead atoms. The van der Waals surface area contributed by atoms with E-state index >= 15 is 0 Å². The standard InChI is InChI=1S/C29H48O/c1-18(2)19(3)8-9-20(4)23-12-13-25-22-10-11-24-21(5)27(30)15-17-29(24,7)26(22)14-16-28(23,25)6/h10,18,20-21,23-27,30H,3,8-9,11-17H2,1-2,4-7H3/t20-,21-,23-,24?,25+,26+,27+,28-,29+/m1/s1. The Balaban J connectivity index is 1.52. The van der Waals surface area contributed by atoms with Crippen molar-refractivity contribution in [3.63, 3.8) is 0 Å². The van der Waals surface area contributed by atoms with Crippen LogP contribution in [0.1, 0.15) is 99.3 Å². The van der Waals surface area contributed by atoms with E-state index in [9.17, 15) is 5.11 Å². The molecule has 4 rings (SSSR count). The lowest BCUT2D eigenvalue weighted by Gasteiger charge is -2.59. The lowest BCUT2D eigenvalue weighted by atomic mass is 9.46. The molecular formula is C29H48O. The Morgan fingerprint density at radius 3 is 2.43 bits per heavy atom. The summed E-state index contributed by atoms with van der Waals surface area (Å²) in [7, 11) is 0. The first-order chi connectivity index (χ1) is 14.1. The smallest absolute Gasteiger partial charge is 0.0568 e. The average Bonchev–Trinajstić information content (AvgIpc) is 3.06. The highest BCUT2D eigenvalue weighted by atomic mass is 16.3. The van der Waals surface area contributed by atoms with Crippen molar-refractivity contribution in [2.24, 2.45) is 52.3 Å². The average molecular weight is 413 g/mol. The van der Waals surface area contributed by atoms with Gasteiger partial charge in [-0.25, -0.2) is 0 Å². The zero-order valence-electron chi connectivity index (χ0n) is 20.7. The summed E-state index contributed by atoms with van der Waals surface area (Å²) in [6.07, 6.45) is 14.2. The summed E-state index contributed by atoms with van der Waals surface area (Å²) >= 11 is 0. The Kier molecular flexibility index (Phi) is 6.10. The molecule has 0 saturated heterocycles. The Morgan fingerprint density at radius 1 is 1.07 bits per heavy atom. The third-order valence-electron chi connectivity index (χ3n) is 11.1. The van der Waals surface area contributed by atoms with Crippen LogP contribution in [0.25, 0.3) is 0 Å². The van der Waals surface area contributed by atoms with Crippen molar-refractivity contribution in [2.45, 2.75) is 105 Å². The summed E-state index contributed by atoms with van der Waals surface area (Å²) in [5, 5.41) is 10.5. The van der Waals surface area contributed by atoms with Gasteiger partial charge in [0.25, 0.3) is 0 Å². The van der Waals surface area contributed by atoms with E-state index < -0.39 is 0 Å². The van der Waals surface area contributed by atoms with Gasteiger partial charge in [0, 0.05) is 0 Å². The molecule has 4 aliphatic rings. The van der Waals surface area contributed by atoms with Crippen LogP contribution in [0.3, 0.4) is 0 Å². The maximum atomic E-state index is 10.5. The lowest BCUT2D eigenvalue weighted by molar-refractivity contribution is -0.0773. The van der Waals surface area contributed by atoms with E-state index in [-0.39, 0.29) is 6.10 Å². The second-order valence-electron chi connectivity index (χ2n) is 12.7. The molecule has 1 unspecified atom stereocenters. The second kappa shape index (κ2) is 8.09. The van der Waals surface area contributed by atoms with Crippen LogP contribution in [0.15, 0.2) is 23.8 Å². The maximum Gasteiger partial charge on any atom is 0.0568 e. The van der Waals surface area contributed by atoms with Crippen molar-refractivity contribution in [1.82, 2.24) is 0 Å². The van der Waals surface area contributed by atoms with Crippen LogP contribution >= 0.6 is 0 Å². The van der Waals surface area contributed by atoms with Gasteiger partial charge in [-0.2, -0.15) is 0 Å². The molecule has 0 aromatic carbocycles. The highest BCUT2D eigenvalue weighted by Crippen LogP contribution is 2.67. The molecule has 0 aromatic rings. The predicted molar refractivity (Wildman–Crippen MR) is 128 cm³/mol. The minimum absolute atomic E-state index is 0.0795. The van der Waals surface area contributed by atoms with Gasteiger partial charge in [-0.3, -0.25) is 0 Å². The number of fused-ring (bicyclic) bond motifs is 5. The van der Waals surface area contributed by atoms with Crippen LogP contribution in [0.5, 0.6) is 0 Å². The molecule has 1 nitrogen and oxygen atoms in total. The molecule has 0 aliphatic heterocycles. The summed E-state index contributed by atoms with van der Waals surface area (Å²) in [5.41, 5.74) is 4.22. The van der Waals surface area contributed by atoms with Gasteiger partial charge in [-0.15, -0.1) is 0 Å². The first-order valence-corrected chi connectivity index (χ1v) is 13.1. The monoisotopic (exact) mass is 412 g/mol. The molecule has 0 amide bonds. The van der Waals surface area contributed by atoms with E-state index in [0.29, 0.717) is 28.6 Å². The number of aliphatic hydroxyl groups excluding tert-OH is 1. The highest BCUT2D eigenvalue weighted by Gasteiger charge is 2.59. The molecule has 170 valence electrons. The first kappa shape index (κ1) is 22.6. The van der Waals surface area contributed by atoms with Gasteiger partial charge >= 0.3 is 0 Å². The van der Waals surface area contributed by atoms with Crippen molar-refractivity contribution >= 4 is 0 Å². The molecule has 4 aliphatic carbocycles. The van der Waals surface area contributed by atoms with Crippen LogP contribution in [0.2, 0.25) is 0 Å². The largest absolute Gasteiger partial charge is 0.393 e. The van der Waals surface area contributed by atoms with E-state index in [4.69, 9.17) is 0 Å². The number of aliphatic hydroxyl groups is 1. The molecule has 30 heavy (non-hydrogen) atoms. The quantitative estimate of drug-likeness (QED) is 0.457. The Bertz CT molecular complexity index is 688. The molecule has 3 fully saturated rings. The zero-order valence-corrected chi connectivity index (χ0v) is 20.7. The fourth-order valence-corrected chi connectivity index (χ4v) is 8.82. The summed E-state index contributed by atoms with van der Waals surface area (Å²) in [6.45, 7) is 19.0. The van der Waals surface area contributed by atoms with Crippen molar-refractivity contribution in [3.05, 3.63) is 23.8 Å². The minimum Gasteiger partial charge on any atom is -0.393 e. The molecule has 0 heterocycles. The molecule has 0 spiro atoms. The summed E-state index contributed by atoms with van der Waals surface area (Å²) in [6, 6.07) is 0. The SMILES string of the molecule is C=C(CC[C@@H](C)[C@H]1CC[C@H]2C3=CCC4[C@@H](C)[C@@H](O)CC[C@]4(C)[C@H]3CC[C@]12C)C(C)C. The second-order valence-corrected chi connectivity index (χ2v) is 12.7. The van der Waals surface area contributed by atoms with E-state index in [0.717, 1.165) is 30.1 Å². The number of hydrogen-bond acceptors (Lipinski definition) is 1. The van der Waals surface area contributed by atoms with Crippen LogP contribution < -0.4 is 0 Å². The van der Waals surface area contributed by atoms with Crippen molar-refractivity contribution in [1.29, 1.82) is 0 Å². The molecule has 1 heteroatoms. The van der Waals surface area contributed by atoms with Gasteiger partial charge in [0.15, 0.2) is 0 Å². The fourth-order valence-electron chi connectivity index (χ4n) is 8.82. The molecular weight excluding hydrogens is 364 g/mol. The summed E-state index contributed by atoms with van der Waals surface area (Å²) < 4.78 is 0. The van der Waals surface area contributed by atoms with Gasteiger partial charge < -0.3 is 5.11 Å². The van der Waals surface area contributed by atoms with E-state index in [2.05, 4.69) is 54.2 Å². The lowest BCUT2D eigenvalue weighted by Crippen LogP contribution is -2.52. The van der Waals surface area contributed by atoms with Crippen LogP contribution in [-0.2, 0) is 0 Å². The van der Waals surface area contributed by atoms with E-state index in [1.54, 1.807) is 0 Å². The number of hydrogen-bond donors (Lipinski definition) is 1. The Labute approximate surface area is 186 Å². The summed E-state index contributed by atoms with van der Waals surface area (Å²) in [5.74, 6) is 5.04. The minimum atomic E-state index is -0.0795. The van der Waals surface area contributed by atoms with E-state index in [1.807, 2.05) is 5.57 Å². The van der Waals surface area contributed by atoms with E-state index in [1.165, 1.54) is 56.9 Å². The third-order valence-corrected chi connectivity index (χ3v) is 11.1. The van der Waals surface area contributed by atoms with Gasteiger partial charge in [0.2, 0.25) is 0 Å². The van der Waals surface area contributed by atoms with Crippen LogP contribution in [-0.4, -0.2) is 11.2 Å².